The number of nitrogens with zero attached hydrogens (tertiary/aromatic N) is 4. The maximum atomic E-state index is 12.1. The summed E-state index contributed by atoms with van der Waals surface area (Å²) in [6, 6.07) is 18.6. The molecule has 0 radical (unpaired) electrons. The summed E-state index contributed by atoms with van der Waals surface area (Å²) < 4.78 is 1.82. The van der Waals surface area contributed by atoms with E-state index < -0.39 is 0 Å². The van der Waals surface area contributed by atoms with Gasteiger partial charge in [0, 0.05) is 5.69 Å². The first-order valence-corrected chi connectivity index (χ1v) is 8.13. The number of hydrogen-bond acceptors (Lipinski definition) is 5. The van der Waals surface area contributed by atoms with Crippen LogP contribution in [0.1, 0.15) is 5.56 Å². The van der Waals surface area contributed by atoms with E-state index in [1.807, 2.05) is 34.9 Å². The number of carbonyl (C=O) groups excluding carboxylic acids is 1. The molecule has 0 saturated heterocycles. The molecule has 0 spiro atoms. The molecule has 1 amide bonds. The van der Waals surface area contributed by atoms with Crippen molar-refractivity contribution in [3.05, 3.63) is 66.5 Å². The lowest BCUT2D eigenvalue weighted by atomic mass is 10.2. The second kappa shape index (κ2) is 7.44. The minimum absolute atomic E-state index is 0.172. The predicted octanol–water partition coefficient (Wildman–Crippen LogP) is 2.87. The standard InChI is InChI=1S/C17H13N5OS/c18-10-13-6-4-5-9-15(13)20-16(23)11-24-17-21-19-12-22(17)14-7-2-1-3-8-14/h1-9,12H,11H2,(H,20,23). The zero-order valence-corrected chi connectivity index (χ0v) is 13.4. The lowest BCUT2D eigenvalue weighted by molar-refractivity contribution is -0.113. The van der Waals surface area contributed by atoms with Gasteiger partial charge in [0.2, 0.25) is 5.91 Å². The molecule has 3 rings (SSSR count). The van der Waals surface area contributed by atoms with Crippen LogP contribution < -0.4 is 5.32 Å². The molecule has 2 aromatic carbocycles. The van der Waals surface area contributed by atoms with Crippen LogP contribution in [0.5, 0.6) is 0 Å². The van der Waals surface area contributed by atoms with Gasteiger partial charge in [-0.15, -0.1) is 10.2 Å². The number of anilines is 1. The molecule has 0 fully saturated rings. The highest BCUT2D eigenvalue weighted by molar-refractivity contribution is 7.99. The van der Waals surface area contributed by atoms with Gasteiger partial charge in [0.25, 0.3) is 0 Å². The average Bonchev–Trinajstić information content (AvgIpc) is 3.10. The molecular weight excluding hydrogens is 322 g/mol. The van der Waals surface area contributed by atoms with E-state index in [9.17, 15) is 4.79 Å². The van der Waals surface area contributed by atoms with Crippen molar-refractivity contribution in [1.82, 2.24) is 14.8 Å². The summed E-state index contributed by atoms with van der Waals surface area (Å²) in [7, 11) is 0. The van der Waals surface area contributed by atoms with E-state index in [2.05, 4.69) is 21.6 Å². The van der Waals surface area contributed by atoms with Crippen LogP contribution in [0.15, 0.2) is 66.1 Å². The normalized spacial score (nSPS) is 10.1. The van der Waals surface area contributed by atoms with E-state index >= 15 is 0 Å². The predicted molar refractivity (Wildman–Crippen MR) is 91.9 cm³/mol. The van der Waals surface area contributed by atoms with Crippen molar-refractivity contribution in [2.24, 2.45) is 0 Å². The molecule has 3 aromatic rings. The van der Waals surface area contributed by atoms with Crippen molar-refractivity contribution in [2.45, 2.75) is 5.16 Å². The molecule has 1 N–H and O–H groups in total. The summed E-state index contributed by atoms with van der Waals surface area (Å²) in [6.45, 7) is 0. The van der Waals surface area contributed by atoms with E-state index in [1.54, 1.807) is 30.6 Å². The van der Waals surface area contributed by atoms with E-state index in [-0.39, 0.29) is 11.7 Å². The van der Waals surface area contributed by atoms with Crippen LogP contribution >= 0.6 is 11.8 Å². The maximum absolute atomic E-state index is 12.1. The zero-order valence-electron chi connectivity index (χ0n) is 12.6. The van der Waals surface area contributed by atoms with Crippen molar-refractivity contribution in [2.75, 3.05) is 11.1 Å². The number of amides is 1. The number of benzene rings is 2. The third kappa shape index (κ3) is 3.62. The molecule has 0 saturated carbocycles. The second-order valence-electron chi connectivity index (χ2n) is 4.81. The average molecular weight is 335 g/mol. The Kier molecular flexibility index (Phi) is 4.89. The molecule has 0 unspecified atom stereocenters. The van der Waals surface area contributed by atoms with Gasteiger partial charge < -0.3 is 5.32 Å². The quantitative estimate of drug-likeness (QED) is 0.725. The van der Waals surface area contributed by atoms with Crippen LogP contribution in [0.2, 0.25) is 0 Å². The van der Waals surface area contributed by atoms with Gasteiger partial charge in [-0.2, -0.15) is 5.26 Å². The SMILES string of the molecule is N#Cc1ccccc1NC(=O)CSc1nncn1-c1ccccc1. The van der Waals surface area contributed by atoms with Gasteiger partial charge in [0.15, 0.2) is 5.16 Å². The highest BCUT2D eigenvalue weighted by atomic mass is 32.2. The highest BCUT2D eigenvalue weighted by Crippen LogP contribution is 2.20. The van der Waals surface area contributed by atoms with Gasteiger partial charge in [0.05, 0.1) is 17.0 Å². The number of para-hydroxylation sites is 2. The topological polar surface area (TPSA) is 83.6 Å². The molecule has 6 nitrogen and oxygen atoms in total. The van der Waals surface area contributed by atoms with Crippen LogP contribution in [-0.2, 0) is 4.79 Å². The number of nitrogens with one attached hydrogen (secondary N) is 1. The number of carbonyl (C=O) groups is 1. The van der Waals surface area contributed by atoms with Crippen LogP contribution in [0.3, 0.4) is 0 Å². The summed E-state index contributed by atoms with van der Waals surface area (Å²) in [6.07, 6.45) is 1.61. The summed E-state index contributed by atoms with van der Waals surface area (Å²) in [5, 5.41) is 20.4. The van der Waals surface area contributed by atoms with E-state index in [0.717, 1.165) is 5.69 Å². The molecule has 0 atom stereocenters. The smallest absolute Gasteiger partial charge is 0.234 e. The largest absolute Gasteiger partial charge is 0.324 e. The highest BCUT2D eigenvalue weighted by Gasteiger charge is 2.11. The third-order valence-electron chi connectivity index (χ3n) is 3.20. The van der Waals surface area contributed by atoms with E-state index in [4.69, 9.17) is 5.26 Å². The van der Waals surface area contributed by atoms with Gasteiger partial charge in [-0.3, -0.25) is 9.36 Å². The van der Waals surface area contributed by atoms with Gasteiger partial charge in [-0.1, -0.05) is 42.1 Å². The minimum atomic E-state index is -0.203. The fraction of sp³-hybridized carbons (Fsp3) is 0.0588. The molecule has 0 aliphatic rings. The molecule has 7 heteroatoms. The monoisotopic (exact) mass is 335 g/mol. The first-order valence-electron chi connectivity index (χ1n) is 7.15. The van der Waals surface area contributed by atoms with Gasteiger partial charge in [0.1, 0.15) is 12.4 Å². The van der Waals surface area contributed by atoms with Gasteiger partial charge >= 0.3 is 0 Å². The Labute approximate surface area is 143 Å². The van der Waals surface area contributed by atoms with Crippen molar-refractivity contribution in [3.8, 4) is 11.8 Å². The number of nitriles is 1. The molecule has 0 bridgehead atoms. The Hall–Kier alpha value is -3.11. The molecule has 118 valence electrons. The van der Waals surface area contributed by atoms with Crippen LogP contribution in [0.4, 0.5) is 5.69 Å². The number of hydrogen-bond donors (Lipinski definition) is 1. The van der Waals surface area contributed by atoms with Crippen molar-refractivity contribution in [3.63, 3.8) is 0 Å². The number of rotatable bonds is 5. The third-order valence-corrected chi connectivity index (χ3v) is 4.15. The maximum Gasteiger partial charge on any atom is 0.234 e. The van der Waals surface area contributed by atoms with Crippen LogP contribution in [0, 0.1) is 11.3 Å². The Morgan fingerprint density at radius 1 is 1.17 bits per heavy atom. The fourth-order valence-corrected chi connectivity index (χ4v) is 2.82. The molecule has 1 heterocycles. The fourth-order valence-electron chi connectivity index (χ4n) is 2.09. The first kappa shape index (κ1) is 15.8. The number of thioether (sulfide) groups is 1. The summed E-state index contributed by atoms with van der Waals surface area (Å²) in [5.41, 5.74) is 1.87. The molecule has 1 aromatic heterocycles. The second-order valence-corrected chi connectivity index (χ2v) is 5.76. The van der Waals surface area contributed by atoms with Gasteiger partial charge in [-0.05, 0) is 24.3 Å². The minimum Gasteiger partial charge on any atom is -0.324 e. The Bertz CT molecular complexity index is 885. The lowest BCUT2D eigenvalue weighted by Gasteiger charge is -2.07. The summed E-state index contributed by atoms with van der Waals surface area (Å²) in [4.78, 5) is 12.1. The Balaban J connectivity index is 1.66. The summed E-state index contributed by atoms with van der Waals surface area (Å²) >= 11 is 1.28. The first-order chi connectivity index (χ1) is 11.8. The van der Waals surface area contributed by atoms with Crippen molar-refractivity contribution >= 4 is 23.4 Å². The summed E-state index contributed by atoms with van der Waals surface area (Å²) in [5.74, 6) is -0.0315. The van der Waals surface area contributed by atoms with E-state index in [1.165, 1.54) is 11.8 Å². The van der Waals surface area contributed by atoms with Crippen LogP contribution in [-0.4, -0.2) is 26.4 Å². The molecule has 0 aliphatic heterocycles. The van der Waals surface area contributed by atoms with E-state index in [0.29, 0.717) is 16.4 Å². The molecule has 0 aliphatic carbocycles. The lowest BCUT2D eigenvalue weighted by Crippen LogP contribution is -2.15. The molecule has 24 heavy (non-hydrogen) atoms. The Morgan fingerprint density at radius 2 is 1.92 bits per heavy atom. The zero-order chi connectivity index (χ0) is 16.8. The van der Waals surface area contributed by atoms with Gasteiger partial charge in [-0.25, -0.2) is 0 Å². The van der Waals surface area contributed by atoms with Crippen LogP contribution in [0.25, 0.3) is 5.69 Å². The van der Waals surface area contributed by atoms with Crippen molar-refractivity contribution in [1.29, 1.82) is 5.26 Å². The Morgan fingerprint density at radius 3 is 2.71 bits per heavy atom. The number of aromatic nitrogens is 3. The molecular formula is C17H13N5OS. The van der Waals surface area contributed by atoms with Crippen molar-refractivity contribution < 1.29 is 4.79 Å².